The zero-order valence-corrected chi connectivity index (χ0v) is 32.9. The van der Waals surface area contributed by atoms with Crippen molar-refractivity contribution < 1.29 is 28.6 Å². The summed E-state index contributed by atoms with van der Waals surface area (Å²) in [6.07, 6.45) is 4.87. The Labute approximate surface area is 307 Å². The Balaban J connectivity index is 0.000000211. The molecule has 4 aromatic heterocycles. The molecule has 3 nitrogen and oxygen atoms in total. The van der Waals surface area contributed by atoms with Crippen LogP contribution < -0.4 is 4.40 Å². The van der Waals surface area contributed by atoms with E-state index in [2.05, 4.69) is 71.5 Å². The van der Waals surface area contributed by atoms with Gasteiger partial charge in [-0.1, -0.05) is 41.8 Å². The Morgan fingerprint density at radius 2 is 1.62 bits per heavy atom. The molecule has 4 heterocycles. The summed E-state index contributed by atoms with van der Waals surface area (Å²) in [5.41, 5.74) is 6.43. The maximum Gasteiger partial charge on any atom is 0.214 e. The van der Waals surface area contributed by atoms with Gasteiger partial charge in [-0.25, -0.2) is 4.98 Å². The Bertz CT molecular complexity index is 2270. The molecule has 48 heavy (non-hydrogen) atoms. The monoisotopic (exact) mass is 893 g/mol. The molecule has 7 aromatic rings. The van der Waals surface area contributed by atoms with Crippen LogP contribution >= 0.6 is 11.3 Å². The van der Waals surface area contributed by atoms with Crippen LogP contribution in [-0.4, -0.2) is 28.2 Å². The molecule has 0 aliphatic carbocycles. The molecule has 0 aliphatic rings. The summed E-state index contributed by atoms with van der Waals surface area (Å²) >= 11 is -0.510. The first kappa shape index (κ1) is 31.7. The molecule has 7 rings (SSSR count). The third kappa shape index (κ3) is 8.01. The normalized spacial score (nSPS) is 12.5. The second-order valence-electron chi connectivity index (χ2n) is 13.0. The van der Waals surface area contributed by atoms with Crippen molar-refractivity contribution in [3.8, 4) is 33.6 Å². The van der Waals surface area contributed by atoms with Gasteiger partial charge in [-0.2, -0.15) is 15.7 Å². The largest absolute Gasteiger partial charge is 0.304 e. The number of nitrogens with zero attached hydrogens (tertiary/aromatic N) is 3. The number of aromatic nitrogens is 3. The standard InChI is InChI=1S/C23H14FN2S.C18H24GeN.Ir/c1-14-12-20(25-13-19(14)15-6-3-2-4-7-15)18-9-5-8-16-17-10-11-21(24)26-23(17)27-22(16)18;1-14(2)11-16-12-18(15-9-7-6-8-10-15)20-13-17(16)19(3,4)5;/h2-8,10-13H,1H3;6-9,12-14H,11H2,1-5H3;/q2*-1;/i1D3;;. The molecule has 0 spiro atoms. The van der Waals surface area contributed by atoms with Crippen molar-refractivity contribution in [3.63, 3.8) is 0 Å². The van der Waals surface area contributed by atoms with Crippen LogP contribution in [0.5, 0.6) is 0 Å². The SMILES string of the molecule is CC(C)Cc1cc(-c2[c-]cccc2)nc[c]1[Ge]([CH3])([CH3])[CH3].[2H]C([2H])([2H])c1cc(-c2[c-]ccc3c2sc2nc(F)ccc23)ncc1-c1ccccc1.[Ir]. The van der Waals surface area contributed by atoms with Crippen molar-refractivity contribution in [2.45, 2.75) is 44.4 Å². The van der Waals surface area contributed by atoms with E-state index in [1.54, 1.807) is 28.8 Å². The van der Waals surface area contributed by atoms with Crippen molar-refractivity contribution in [1.82, 2.24) is 15.0 Å². The van der Waals surface area contributed by atoms with Crippen LogP contribution in [0.15, 0.2) is 103 Å². The van der Waals surface area contributed by atoms with E-state index in [1.165, 1.54) is 23.0 Å². The van der Waals surface area contributed by atoms with Gasteiger partial charge in [0, 0.05) is 41.4 Å². The molecule has 0 unspecified atom stereocenters. The maximum absolute atomic E-state index is 13.6. The van der Waals surface area contributed by atoms with Crippen LogP contribution in [0.3, 0.4) is 0 Å². The predicted molar refractivity (Wildman–Crippen MR) is 199 cm³/mol. The van der Waals surface area contributed by atoms with E-state index in [0.717, 1.165) is 38.7 Å². The first-order valence-electron chi connectivity index (χ1n) is 17.2. The first-order valence-corrected chi connectivity index (χ1v) is 23.9. The Morgan fingerprint density at radius 3 is 2.33 bits per heavy atom. The van der Waals surface area contributed by atoms with E-state index in [0.29, 0.717) is 27.6 Å². The number of benzene rings is 3. The van der Waals surface area contributed by atoms with Crippen LogP contribution in [0, 0.1) is 30.9 Å². The van der Waals surface area contributed by atoms with Crippen molar-refractivity contribution in [2.24, 2.45) is 5.92 Å². The molecule has 0 saturated carbocycles. The molecular formula is C41H38FGeIrN3S-2. The molecule has 3 aromatic carbocycles. The fourth-order valence-electron chi connectivity index (χ4n) is 5.71. The molecule has 245 valence electrons. The molecule has 0 N–H and O–H groups in total. The number of pyridine rings is 3. The Hall–Kier alpha value is -3.55. The van der Waals surface area contributed by atoms with Crippen LogP contribution in [-0.2, 0) is 26.5 Å². The van der Waals surface area contributed by atoms with Gasteiger partial charge in [0.15, 0.2) is 0 Å². The number of aryl methyl sites for hydroxylation is 1. The van der Waals surface area contributed by atoms with Crippen molar-refractivity contribution in [1.29, 1.82) is 0 Å². The average molecular weight is 892 g/mol. The van der Waals surface area contributed by atoms with Gasteiger partial charge in [-0.05, 0) is 40.5 Å². The number of rotatable bonds is 6. The fourth-order valence-corrected chi connectivity index (χ4v) is 10.2. The van der Waals surface area contributed by atoms with Gasteiger partial charge in [0.1, 0.15) is 4.83 Å². The molecule has 0 saturated heterocycles. The van der Waals surface area contributed by atoms with E-state index in [1.807, 2.05) is 54.6 Å². The van der Waals surface area contributed by atoms with Gasteiger partial charge in [0.2, 0.25) is 5.95 Å². The minimum absolute atomic E-state index is 0. The van der Waals surface area contributed by atoms with E-state index in [4.69, 9.17) is 9.10 Å². The third-order valence-corrected chi connectivity index (χ3v) is 13.4. The van der Waals surface area contributed by atoms with Crippen LogP contribution in [0.2, 0.25) is 17.3 Å². The van der Waals surface area contributed by atoms with Crippen molar-refractivity contribution in [3.05, 3.63) is 133 Å². The van der Waals surface area contributed by atoms with Gasteiger partial charge in [0.05, 0.1) is 0 Å². The summed E-state index contributed by atoms with van der Waals surface area (Å²) in [5, 5.41) is 1.77. The van der Waals surface area contributed by atoms with E-state index in [9.17, 15) is 4.39 Å². The van der Waals surface area contributed by atoms with Crippen molar-refractivity contribution >= 4 is 49.3 Å². The zero-order chi connectivity index (χ0) is 35.6. The summed E-state index contributed by atoms with van der Waals surface area (Å²) in [7, 11) is 0. The van der Waals surface area contributed by atoms with Gasteiger partial charge in [-0.15, -0.1) is 23.8 Å². The van der Waals surface area contributed by atoms with E-state index < -0.39 is 26.1 Å². The van der Waals surface area contributed by atoms with Crippen LogP contribution in [0.25, 0.3) is 53.9 Å². The molecule has 0 bridgehead atoms. The molecule has 7 heteroatoms. The zero-order valence-electron chi connectivity index (χ0n) is 30.6. The summed E-state index contributed by atoms with van der Waals surface area (Å²) < 4.78 is 40.1. The quantitative estimate of drug-likeness (QED) is 0.0949. The Kier molecular flexibility index (Phi) is 10.1. The smallest absolute Gasteiger partial charge is 0.214 e. The van der Waals surface area contributed by atoms with Gasteiger partial charge in [0.25, 0.3) is 0 Å². The third-order valence-electron chi connectivity index (χ3n) is 7.92. The summed E-state index contributed by atoms with van der Waals surface area (Å²) in [6.45, 7) is 2.27. The average Bonchev–Trinajstić information content (AvgIpc) is 3.46. The van der Waals surface area contributed by atoms with Crippen LogP contribution in [0.4, 0.5) is 4.39 Å². The molecule has 1 radical (unpaired) electrons. The molecule has 0 atom stereocenters. The minimum Gasteiger partial charge on any atom is -0.304 e. The Morgan fingerprint density at radius 1 is 0.854 bits per heavy atom. The van der Waals surface area contributed by atoms with Gasteiger partial charge >= 0.3 is 126 Å². The number of hydrogen-bond donors (Lipinski definition) is 0. The summed E-state index contributed by atoms with van der Waals surface area (Å²) in [4.78, 5) is 13.8. The second kappa shape index (κ2) is 15.3. The second-order valence-corrected chi connectivity index (χ2v) is 24.6. The summed E-state index contributed by atoms with van der Waals surface area (Å²) in [6, 6.07) is 34.5. The fraction of sp³-hybridized carbons (Fsp3) is 0.195. The molecule has 0 amide bonds. The number of halogens is 1. The van der Waals surface area contributed by atoms with Gasteiger partial charge < -0.3 is 4.98 Å². The molecular weight excluding hydrogens is 850 g/mol. The van der Waals surface area contributed by atoms with E-state index >= 15 is 0 Å². The first-order chi connectivity index (χ1) is 23.8. The number of hydrogen-bond acceptors (Lipinski definition) is 4. The van der Waals surface area contributed by atoms with E-state index in [-0.39, 0.29) is 25.7 Å². The minimum atomic E-state index is -2.30. The van der Waals surface area contributed by atoms with Crippen LogP contribution in [0.1, 0.15) is 29.1 Å². The predicted octanol–water partition coefficient (Wildman–Crippen LogP) is 10.7. The topological polar surface area (TPSA) is 38.7 Å². The number of fused-ring (bicyclic) bond motifs is 3. The van der Waals surface area contributed by atoms with Gasteiger partial charge in [-0.3, -0.25) is 0 Å². The number of thiophene rings is 1. The van der Waals surface area contributed by atoms with Crippen molar-refractivity contribution in [2.75, 3.05) is 0 Å². The maximum atomic E-state index is 13.6. The molecule has 0 aliphatic heterocycles. The summed E-state index contributed by atoms with van der Waals surface area (Å²) in [5.74, 6) is 7.46. The molecule has 0 fully saturated rings.